The Labute approximate surface area is 124 Å². The highest BCUT2D eigenvalue weighted by Crippen LogP contribution is 2.24. The van der Waals surface area contributed by atoms with Gasteiger partial charge in [-0.1, -0.05) is 32.4 Å². The van der Waals surface area contributed by atoms with E-state index in [9.17, 15) is 5.11 Å². The second kappa shape index (κ2) is 6.12. The summed E-state index contributed by atoms with van der Waals surface area (Å²) in [5, 5.41) is 14.4. The second-order valence-corrected chi connectivity index (χ2v) is 6.63. The first kappa shape index (κ1) is 15.3. The maximum atomic E-state index is 9.92. The Hall–Kier alpha value is -1.10. The smallest absolute Gasteiger partial charge is 0.140 e. The quantitative estimate of drug-likeness (QED) is 0.831. The molecule has 0 spiro atoms. The van der Waals surface area contributed by atoms with E-state index in [0.29, 0.717) is 18.2 Å². The zero-order chi connectivity index (χ0) is 14.8. The Morgan fingerprint density at radius 2 is 2.20 bits per heavy atom. The minimum atomic E-state index is -0.357. The van der Waals surface area contributed by atoms with E-state index in [1.54, 1.807) is 12.3 Å². The van der Waals surface area contributed by atoms with Crippen LogP contribution in [0, 0.1) is 5.41 Å². The van der Waals surface area contributed by atoms with Gasteiger partial charge in [0.15, 0.2) is 0 Å². The Morgan fingerprint density at radius 1 is 1.45 bits per heavy atom. The van der Waals surface area contributed by atoms with Crippen LogP contribution in [0.25, 0.3) is 11.0 Å². The molecular formula is C15H21ClN2O2. The molecule has 0 saturated carbocycles. The molecule has 2 rings (SSSR count). The van der Waals surface area contributed by atoms with Gasteiger partial charge in [-0.25, -0.2) is 4.98 Å². The standard InChI is InChI=1S/C15H21ClN2O2/c1-15(2,3)7-10(19)8-17-9-11-6-12-13(20-11)4-5-18-14(12)16/h4-6,10,17,19H,7-9H2,1-3H3/t10-/m1/s1. The average Bonchev–Trinajstić information content (AvgIpc) is 2.71. The van der Waals surface area contributed by atoms with E-state index in [1.165, 1.54) is 0 Å². The van der Waals surface area contributed by atoms with E-state index in [4.69, 9.17) is 16.0 Å². The third-order valence-corrected chi connectivity index (χ3v) is 3.28. The molecule has 0 amide bonds. The van der Waals surface area contributed by atoms with E-state index in [0.717, 1.165) is 23.2 Å². The number of fused-ring (bicyclic) bond motifs is 1. The normalized spacial score (nSPS) is 13.8. The largest absolute Gasteiger partial charge is 0.460 e. The monoisotopic (exact) mass is 296 g/mol. The van der Waals surface area contributed by atoms with Crippen LogP contribution in [0.2, 0.25) is 5.15 Å². The third-order valence-electron chi connectivity index (χ3n) is 2.98. The van der Waals surface area contributed by atoms with Crippen molar-refractivity contribution in [1.29, 1.82) is 0 Å². The summed E-state index contributed by atoms with van der Waals surface area (Å²) in [7, 11) is 0. The molecule has 0 aliphatic rings. The second-order valence-electron chi connectivity index (χ2n) is 6.28. The summed E-state index contributed by atoms with van der Waals surface area (Å²) >= 11 is 6.00. The fourth-order valence-corrected chi connectivity index (χ4v) is 2.41. The van der Waals surface area contributed by atoms with Crippen LogP contribution in [0.4, 0.5) is 0 Å². The van der Waals surface area contributed by atoms with Crippen LogP contribution in [-0.4, -0.2) is 22.7 Å². The van der Waals surface area contributed by atoms with Gasteiger partial charge in [0, 0.05) is 12.7 Å². The van der Waals surface area contributed by atoms with Crippen molar-refractivity contribution in [2.24, 2.45) is 5.41 Å². The predicted octanol–water partition coefficient (Wildman–Crippen LogP) is 3.37. The van der Waals surface area contributed by atoms with Crippen LogP contribution in [0.15, 0.2) is 22.7 Å². The Balaban J connectivity index is 1.88. The first-order chi connectivity index (χ1) is 9.35. The molecule has 20 heavy (non-hydrogen) atoms. The minimum Gasteiger partial charge on any atom is -0.460 e. The summed E-state index contributed by atoms with van der Waals surface area (Å²) in [5.74, 6) is 0.790. The maximum absolute atomic E-state index is 9.92. The molecule has 0 radical (unpaired) electrons. The summed E-state index contributed by atoms with van der Waals surface area (Å²) in [6, 6.07) is 3.67. The van der Waals surface area contributed by atoms with Crippen molar-refractivity contribution in [3.05, 3.63) is 29.2 Å². The highest BCUT2D eigenvalue weighted by molar-refractivity contribution is 6.34. The van der Waals surface area contributed by atoms with Gasteiger partial charge in [-0.05, 0) is 24.0 Å². The number of hydrogen-bond donors (Lipinski definition) is 2. The van der Waals surface area contributed by atoms with Gasteiger partial charge in [-0.2, -0.15) is 0 Å². The van der Waals surface area contributed by atoms with Crippen LogP contribution < -0.4 is 5.32 Å². The number of halogens is 1. The van der Waals surface area contributed by atoms with Crippen molar-refractivity contribution >= 4 is 22.6 Å². The highest BCUT2D eigenvalue weighted by Gasteiger charge is 2.16. The summed E-state index contributed by atoms with van der Waals surface area (Å²) in [6.45, 7) is 7.45. The molecule has 0 aliphatic heterocycles. The van der Waals surface area contributed by atoms with Gasteiger partial charge in [0.05, 0.1) is 18.0 Å². The van der Waals surface area contributed by atoms with Crippen LogP contribution >= 0.6 is 11.6 Å². The molecule has 0 saturated heterocycles. The van der Waals surface area contributed by atoms with Gasteiger partial charge in [-0.15, -0.1) is 0 Å². The summed E-state index contributed by atoms with van der Waals surface area (Å²) in [4.78, 5) is 4.01. The molecule has 5 heteroatoms. The van der Waals surface area contributed by atoms with Gasteiger partial charge in [0.25, 0.3) is 0 Å². The Kier molecular flexibility index (Phi) is 4.68. The molecule has 110 valence electrons. The van der Waals surface area contributed by atoms with Crippen molar-refractivity contribution in [3.63, 3.8) is 0 Å². The number of rotatable bonds is 5. The van der Waals surface area contributed by atoms with Crippen molar-refractivity contribution in [2.75, 3.05) is 6.54 Å². The SMILES string of the molecule is CC(C)(C)C[C@@H](O)CNCc1cc2c(Cl)nccc2o1. The molecule has 4 nitrogen and oxygen atoms in total. The zero-order valence-corrected chi connectivity index (χ0v) is 12.9. The highest BCUT2D eigenvalue weighted by atomic mass is 35.5. The van der Waals surface area contributed by atoms with E-state index >= 15 is 0 Å². The molecule has 2 aromatic heterocycles. The maximum Gasteiger partial charge on any atom is 0.140 e. The number of aliphatic hydroxyl groups is 1. The van der Waals surface area contributed by atoms with Gasteiger partial charge >= 0.3 is 0 Å². The molecule has 0 aliphatic carbocycles. The summed E-state index contributed by atoms with van der Waals surface area (Å²) in [6.07, 6.45) is 2.03. The first-order valence-electron chi connectivity index (χ1n) is 6.77. The van der Waals surface area contributed by atoms with Gasteiger partial charge in [0.2, 0.25) is 0 Å². The molecule has 0 fully saturated rings. The van der Waals surface area contributed by atoms with Crippen LogP contribution in [0.5, 0.6) is 0 Å². The molecule has 0 bridgehead atoms. The molecule has 0 unspecified atom stereocenters. The first-order valence-corrected chi connectivity index (χ1v) is 7.15. The van der Waals surface area contributed by atoms with E-state index < -0.39 is 0 Å². The van der Waals surface area contributed by atoms with Crippen molar-refractivity contribution in [2.45, 2.75) is 39.8 Å². The summed E-state index contributed by atoms with van der Waals surface area (Å²) in [5.41, 5.74) is 0.858. The van der Waals surface area contributed by atoms with E-state index in [1.807, 2.05) is 6.07 Å². The molecule has 2 N–H and O–H groups in total. The Bertz CT molecular complexity index is 575. The number of pyridine rings is 1. The number of nitrogens with zero attached hydrogens (tertiary/aromatic N) is 1. The van der Waals surface area contributed by atoms with E-state index in [-0.39, 0.29) is 11.5 Å². The number of aromatic nitrogens is 1. The Morgan fingerprint density at radius 3 is 2.85 bits per heavy atom. The van der Waals surface area contributed by atoms with E-state index in [2.05, 4.69) is 31.1 Å². The van der Waals surface area contributed by atoms with Gasteiger partial charge in [0.1, 0.15) is 16.5 Å². The molecule has 1 atom stereocenters. The molecule has 0 aromatic carbocycles. The van der Waals surface area contributed by atoms with Crippen molar-refractivity contribution < 1.29 is 9.52 Å². The van der Waals surface area contributed by atoms with Crippen molar-refractivity contribution in [1.82, 2.24) is 10.3 Å². The van der Waals surface area contributed by atoms with Gasteiger partial charge in [-0.3, -0.25) is 0 Å². The fraction of sp³-hybridized carbons (Fsp3) is 0.533. The van der Waals surface area contributed by atoms with Crippen LogP contribution in [0.1, 0.15) is 33.0 Å². The topological polar surface area (TPSA) is 58.3 Å². The minimum absolute atomic E-state index is 0.125. The zero-order valence-electron chi connectivity index (χ0n) is 12.1. The number of hydrogen-bond acceptors (Lipinski definition) is 4. The lowest BCUT2D eigenvalue weighted by Gasteiger charge is -2.22. The van der Waals surface area contributed by atoms with Crippen molar-refractivity contribution in [3.8, 4) is 0 Å². The number of aliphatic hydroxyl groups excluding tert-OH is 1. The fourth-order valence-electron chi connectivity index (χ4n) is 2.21. The lowest BCUT2D eigenvalue weighted by Crippen LogP contribution is -2.29. The summed E-state index contributed by atoms with van der Waals surface area (Å²) < 4.78 is 5.66. The van der Waals surface area contributed by atoms with Crippen LogP contribution in [-0.2, 0) is 6.54 Å². The average molecular weight is 297 g/mol. The predicted molar refractivity (Wildman–Crippen MR) is 80.8 cm³/mol. The molecular weight excluding hydrogens is 276 g/mol. The lowest BCUT2D eigenvalue weighted by atomic mass is 9.89. The molecule has 2 heterocycles. The number of nitrogens with one attached hydrogen (secondary N) is 1. The number of furan rings is 1. The van der Waals surface area contributed by atoms with Gasteiger partial charge < -0.3 is 14.8 Å². The lowest BCUT2D eigenvalue weighted by molar-refractivity contribution is 0.119. The van der Waals surface area contributed by atoms with Crippen LogP contribution in [0.3, 0.4) is 0 Å². The third kappa shape index (κ3) is 4.20. The molecule has 2 aromatic rings.